The minimum absolute atomic E-state index is 0.0102. The number of hydrogen-bond acceptors (Lipinski definition) is 4. The van der Waals surface area contributed by atoms with E-state index >= 15 is 0 Å². The summed E-state index contributed by atoms with van der Waals surface area (Å²) >= 11 is 0. The van der Waals surface area contributed by atoms with Gasteiger partial charge in [-0.05, 0) is 19.1 Å². The van der Waals surface area contributed by atoms with Crippen molar-refractivity contribution in [2.45, 2.75) is 13.3 Å². The predicted molar refractivity (Wildman–Crippen MR) is 94.4 cm³/mol. The van der Waals surface area contributed by atoms with E-state index in [1.54, 1.807) is 11.8 Å². The molecule has 1 aromatic carbocycles. The molecule has 0 saturated carbocycles. The van der Waals surface area contributed by atoms with E-state index in [0.717, 1.165) is 11.0 Å². The fourth-order valence-corrected chi connectivity index (χ4v) is 4.52. The fourth-order valence-electron chi connectivity index (χ4n) is 3.43. The third-order valence-corrected chi connectivity index (χ3v) is 6.86. The summed E-state index contributed by atoms with van der Waals surface area (Å²) in [5, 5.41) is 0. The normalized spacial score (nSPS) is 21.7. The molecular weight excluding hydrogens is 380 g/mol. The molecule has 0 radical (unpaired) electrons. The molecule has 2 heterocycles. The molecule has 1 atom stereocenters. The molecule has 0 spiro atoms. The molecule has 1 unspecified atom stereocenters. The Kier molecular flexibility index (Phi) is 5.48. The second kappa shape index (κ2) is 7.51. The molecule has 0 bridgehead atoms. The standard InChI is InChI=1S/C17H21F2N3O4S/c1-2-27(25,26)21-7-5-20(6-8-21)17(24)12-9-16(23)22(11-12)15-4-3-13(18)10-14(15)19/h3-4,10,12H,2,5-9,11H2,1H3. The Morgan fingerprint density at radius 1 is 1.19 bits per heavy atom. The van der Waals surface area contributed by atoms with E-state index in [4.69, 9.17) is 0 Å². The first kappa shape index (κ1) is 19.7. The number of piperazine rings is 1. The second-order valence-electron chi connectivity index (χ2n) is 6.63. The summed E-state index contributed by atoms with van der Waals surface area (Å²) in [6, 6.07) is 2.95. The summed E-state index contributed by atoms with van der Waals surface area (Å²) in [7, 11) is -3.29. The molecule has 2 aliphatic rings. The van der Waals surface area contributed by atoms with Gasteiger partial charge in [-0.2, -0.15) is 4.31 Å². The van der Waals surface area contributed by atoms with Crippen molar-refractivity contribution in [2.24, 2.45) is 5.92 Å². The first-order valence-electron chi connectivity index (χ1n) is 8.75. The van der Waals surface area contributed by atoms with Crippen LogP contribution in [-0.2, 0) is 19.6 Å². The van der Waals surface area contributed by atoms with Crippen LogP contribution >= 0.6 is 0 Å². The summed E-state index contributed by atoms with van der Waals surface area (Å²) in [6.45, 7) is 2.55. The number of anilines is 1. The molecule has 2 saturated heterocycles. The molecule has 0 N–H and O–H groups in total. The maximum Gasteiger partial charge on any atom is 0.228 e. The van der Waals surface area contributed by atoms with Gasteiger partial charge in [-0.15, -0.1) is 0 Å². The van der Waals surface area contributed by atoms with Crippen molar-refractivity contribution in [3.05, 3.63) is 29.8 Å². The molecule has 2 fully saturated rings. The van der Waals surface area contributed by atoms with Crippen molar-refractivity contribution in [2.75, 3.05) is 43.4 Å². The Bertz CT molecular complexity index is 854. The summed E-state index contributed by atoms with van der Waals surface area (Å²) in [4.78, 5) is 27.7. The van der Waals surface area contributed by atoms with Crippen LogP contribution in [0.4, 0.5) is 14.5 Å². The number of sulfonamides is 1. The van der Waals surface area contributed by atoms with Crippen molar-refractivity contribution in [1.82, 2.24) is 9.21 Å². The Labute approximate surface area is 156 Å². The Morgan fingerprint density at radius 3 is 2.44 bits per heavy atom. The number of hydrogen-bond donors (Lipinski definition) is 0. The zero-order chi connectivity index (χ0) is 19.8. The van der Waals surface area contributed by atoms with Crippen molar-refractivity contribution < 1.29 is 26.8 Å². The average Bonchev–Trinajstić information content (AvgIpc) is 3.02. The molecule has 148 valence electrons. The van der Waals surface area contributed by atoms with Crippen LogP contribution < -0.4 is 4.90 Å². The van der Waals surface area contributed by atoms with Crippen LogP contribution in [0, 0.1) is 17.6 Å². The first-order valence-corrected chi connectivity index (χ1v) is 10.4. The lowest BCUT2D eigenvalue weighted by Gasteiger charge is -2.35. The minimum atomic E-state index is -3.29. The van der Waals surface area contributed by atoms with Crippen LogP contribution in [0.5, 0.6) is 0 Å². The monoisotopic (exact) mass is 401 g/mol. The lowest BCUT2D eigenvalue weighted by Crippen LogP contribution is -2.52. The molecule has 10 heteroatoms. The third kappa shape index (κ3) is 3.96. The zero-order valence-corrected chi connectivity index (χ0v) is 15.7. The highest BCUT2D eigenvalue weighted by atomic mass is 32.2. The summed E-state index contributed by atoms with van der Waals surface area (Å²) < 4.78 is 52.2. The summed E-state index contributed by atoms with van der Waals surface area (Å²) in [5.41, 5.74) is -0.0458. The molecule has 0 aliphatic carbocycles. The number of carbonyl (C=O) groups is 2. The molecule has 3 rings (SSSR count). The maximum absolute atomic E-state index is 14.0. The van der Waals surface area contributed by atoms with Gasteiger partial charge in [0.2, 0.25) is 21.8 Å². The van der Waals surface area contributed by atoms with E-state index in [0.29, 0.717) is 6.07 Å². The van der Waals surface area contributed by atoms with Crippen LogP contribution in [0.15, 0.2) is 18.2 Å². The van der Waals surface area contributed by atoms with Gasteiger partial charge >= 0.3 is 0 Å². The van der Waals surface area contributed by atoms with Crippen LogP contribution in [0.1, 0.15) is 13.3 Å². The van der Waals surface area contributed by atoms with Crippen LogP contribution in [0.2, 0.25) is 0 Å². The fraction of sp³-hybridized carbons (Fsp3) is 0.529. The van der Waals surface area contributed by atoms with Gasteiger partial charge in [0.1, 0.15) is 11.6 Å². The molecule has 1 aromatic rings. The van der Waals surface area contributed by atoms with Gasteiger partial charge in [0.05, 0.1) is 17.4 Å². The average molecular weight is 401 g/mol. The second-order valence-corrected chi connectivity index (χ2v) is 8.88. The molecule has 2 aliphatic heterocycles. The Morgan fingerprint density at radius 2 is 1.85 bits per heavy atom. The van der Waals surface area contributed by atoms with Gasteiger partial charge in [-0.1, -0.05) is 0 Å². The largest absolute Gasteiger partial charge is 0.340 e. The molecule has 27 heavy (non-hydrogen) atoms. The molecule has 7 nitrogen and oxygen atoms in total. The third-order valence-electron chi connectivity index (χ3n) is 4.98. The van der Waals surface area contributed by atoms with E-state index in [1.807, 2.05) is 0 Å². The highest BCUT2D eigenvalue weighted by molar-refractivity contribution is 7.89. The number of rotatable bonds is 4. The number of carbonyl (C=O) groups excluding carboxylic acids is 2. The van der Waals surface area contributed by atoms with Crippen molar-refractivity contribution in [3.8, 4) is 0 Å². The van der Waals surface area contributed by atoms with Gasteiger partial charge in [-0.25, -0.2) is 17.2 Å². The van der Waals surface area contributed by atoms with Gasteiger partial charge in [-0.3, -0.25) is 9.59 Å². The lowest BCUT2D eigenvalue weighted by molar-refractivity contribution is -0.136. The van der Waals surface area contributed by atoms with Crippen molar-refractivity contribution in [3.63, 3.8) is 0 Å². The summed E-state index contributed by atoms with van der Waals surface area (Å²) in [5.74, 6) is -2.86. The van der Waals surface area contributed by atoms with E-state index < -0.39 is 33.5 Å². The SMILES string of the molecule is CCS(=O)(=O)N1CCN(C(=O)C2CC(=O)N(c3ccc(F)cc3F)C2)CC1. The van der Waals surface area contributed by atoms with E-state index in [-0.39, 0.29) is 56.5 Å². The zero-order valence-electron chi connectivity index (χ0n) is 14.9. The Hall–Kier alpha value is -2.07. The van der Waals surface area contributed by atoms with E-state index in [2.05, 4.69) is 0 Å². The highest BCUT2D eigenvalue weighted by Crippen LogP contribution is 2.29. The lowest BCUT2D eigenvalue weighted by atomic mass is 10.1. The number of nitrogens with zero attached hydrogens (tertiary/aromatic N) is 3. The predicted octanol–water partition coefficient (Wildman–Crippen LogP) is 0.812. The first-order chi connectivity index (χ1) is 12.7. The highest BCUT2D eigenvalue weighted by Gasteiger charge is 2.39. The topological polar surface area (TPSA) is 78.0 Å². The minimum Gasteiger partial charge on any atom is -0.340 e. The molecular formula is C17H21F2N3O4S. The van der Waals surface area contributed by atoms with Crippen LogP contribution in [0.25, 0.3) is 0 Å². The number of halogens is 2. The van der Waals surface area contributed by atoms with Crippen molar-refractivity contribution >= 4 is 27.5 Å². The Balaban J connectivity index is 1.65. The van der Waals surface area contributed by atoms with Gasteiger partial charge in [0, 0.05) is 45.2 Å². The molecule has 2 amide bonds. The van der Waals surface area contributed by atoms with Gasteiger partial charge in [0.15, 0.2) is 0 Å². The maximum atomic E-state index is 14.0. The smallest absolute Gasteiger partial charge is 0.228 e. The quantitative estimate of drug-likeness (QED) is 0.748. The number of benzene rings is 1. The van der Waals surface area contributed by atoms with Gasteiger partial charge < -0.3 is 9.80 Å². The van der Waals surface area contributed by atoms with Crippen LogP contribution in [-0.4, -0.2) is 67.9 Å². The molecule has 0 aromatic heterocycles. The number of amides is 2. The van der Waals surface area contributed by atoms with E-state index in [9.17, 15) is 26.8 Å². The van der Waals surface area contributed by atoms with Gasteiger partial charge in [0.25, 0.3) is 0 Å². The van der Waals surface area contributed by atoms with Crippen molar-refractivity contribution in [1.29, 1.82) is 0 Å². The van der Waals surface area contributed by atoms with Crippen LogP contribution in [0.3, 0.4) is 0 Å². The summed E-state index contributed by atoms with van der Waals surface area (Å²) in [6.07, 6.45) is -0.0525. The van der Waals surface area contributed by atoms with E-state index in [1.165, 1.54) is 10.4 Å².